The van der Waals surface area contributed by atoms with Gasteiger partial charge in [-0.2, -0.15) is 8.42 Å². The van der Waals surface area contributed by atoms with Gasteiger partial charge >= 0.3 is 0 Å². The van der Waals surface area contributed by atoms with Crippen LogP contribution in [0.15, 0.2) is 82.2 Å². The van der Waals surface area contributed by atoms with Gasteiger partial charge in [-0.05, 0) is 55.5 Å². The van der Waals surface area contributed by atoms with Crippen LogP contribution in [0.1, 0.15) is 11.1 Å². The van der Waals surface area contributed by atoms with Gasteiger partial charge in [-0.1, -0.05) is 23.8 Å². The zero-order valence-electron chi connectivity index (χ0n) is 13.9. The zero-order chi connectivity index (χ0) is 18.6. The van der Waals surface area contributed by atoms with Crippen molar-refractivity contribution in [1.82, 2.24) is 4.98 Å². The van der Waals surface area contributed by atoms with Crippen LogP contribution in [0.2, 0.25) is 0 Å². The van der Waals surface area contributed by atoms with E-state index in [1.807, 2.05) is 6.92 Å². The molecule has 0 unspecified atom stereocenters. The molecule has 1 aromatic heterocycles. The van der Waals surface area contributed by atoms with Crippen molar-refractivity contribution in [1.29, 1.82) is 0 Å². The molecule has 0 saturated carbocycles. The summed E-state index contributed by atoms with van der Waals surface area (Å²) in [4.78, 5) is 4.19. The van der Waals surface area contributed by atoms with E-state index in [4.69, 9.17) is 0 Å². The van der Waals surface area contributed by atoms with Gasteiger partial charge in [-0.25, -0.2) is 9.37 Å². The first-order chi connectivity index (χ1) is 12.4. The lowest BCUT2D eigenvalue weighted by Crippen LogP contribution is -2.17. The number of aryl methyl sites for hydroxylation is 1. The molecule has 0 aliphatic heterocycles. The third-order valence-corrected chi connectivity index (χ3v) is 4.85. The topological polar surface area (TPSA) is 71.4 Å². The summed E-state index contributed by atoms with van der Waals surface area (Å²) < 4.78 is 42.5. The number of hydrogen-bond acceptors (Lipinski definition) is 3. The number of benzene rings is 2. The van der Waals surface area contributed by atoms with E-state index in [9.17, 15) is 12.8 Å². The molecule has 0 fully saturated rings. The first-order valence-electron chi connectivity index (χ1n) is 7.80. The predicted octanol–water partition coefficient (Wildman–Crippen LogP) is 3.78. The van der Waals surface area contributed by atoms with Crippen LogP contribution >= 0.6 is 0 Å². The van der Waals surface area contributed by atoms with E-state index in [1.54, 1.807) is 36.5 Å². The van der Waals surface area contributed by atoms with E-state index in [0.29, 0.717) is 11.4 Å². The second-order valence-electron chi connectivity index (χ2n) is 5.57. The van der Waals surface area contributed by atoms with Gasteiger partial charge in [0, 0.05) is 11.8 Å². The summed E-state index contributed by atoms with van der Waals surface area (Å²) >= 11 is 0. The molecule has 1 heterocycles. The third-order valence-electron chi connectivity index (χ3n) is 3.56. The number of amidine groups is 1. The normalized spacial score (nSPS) is 12.0. The predicted molar refractivity (Wildman–Crippen MR) is 99.2 cm³/mol. The molecular formula is C19H16FN3O2S. The Morgan fingerprint density at radius 3 is 2.31 bits per heavy atom. The molecule has 2 aromatic carbocycles. The molecule has 0 bridgehead atoms. The molecular weight excluding hydrogens is 353 g/mol. The highest BCUT2D eigenvalue weighted by atomic mass is 32.2. The summed E-state index contributed by atoms with van der Waals surface area (Å²) in [6.45, 7) is 1.87. The van der Waals surface area contributed by atoms with Crippen molar-refractivity contribution in [3.8, 4) is 0 Å². The average Bonchev–Trinajstić information content (AvgIpc) is 2.63. The Bertz CT molecular complexity index is 1020. The molecule has 0 saturated heterocycles. The number of nitrogens with one attached hydrogen (secondary N) is 1. The molecule has 3 rings (SSSR count). The summed E-state index contributed by atoms with van der Waals surface area (Å²) in [5.41, 5.74) is 1.37. The Labute approximate surface area is 151 Å². The van der Waals surface area contributed by atoms with E-state index >= 15 is 0 Å². The van der Waals surface area contributed by atoms with Gasteiger partial charge in [0.05, 0.1) is 4.90 Å². The van der Waals surface area contributed by atoms with Crippen LogP contribution in [-0.2, 0) is 10.0 Å². The summed E-state index contributed by atoms with van der Waals surface area (Å²) in [5, 5.41) is 2.89. The summed E-state index contributed by atoms with van der Waals surface area (Å²) in [5.74, 6) is 0.0614. The van der Waals surface area contributed by atoms with Crippen LogP contribution in [0.25, 0.3) is 0 Å². The van der Waals surface area contributed by atoms with Crippen LogP contribution in [0.5, 0.6) is 0 Å². The highest BCUT2D eigenvalue weighted by Gasteiger charge is 2.16. The maximum atomic E-state index is 13.2. The van der Waals surface area contributed by atoms with Crippen LogP contribution in [0.4, 0.5) is 10.2 Å². The van der Waals surface area contributed by atoms with Crippen molar-refractivity contribution in [3.63, 3.8) is 0 Å². The molecule has 0 radical (unpaired) electrons. The van der Waals surface area contributed by atoms with Crippen LogP contribution in [-0.4, -0.2) is 19.2 Å². The quantitative estimate of drug-likeness (QED) is 0.561. The monoisotopic (exact) mass is 369 g/mol. The van der Waals surface area contributed by atoms with Crippen LogP contribution in [0, 0.1) is 12.7 Å². The van der Waals surface area contributed by atoms with Crippen molar-refractivity contribution >= 4 is 21.7 Å². The lowest BCUT2D eigenvalue weighted by molar-refractivity contribution is 0.598. The van der Waals surface area contributed by atoms with E-state index in [2.05, 4.69) is 14.7 Å². The van der Waals surface area contributed by atoms with Crippen molar-refractivity contribution in [3.05, 3.63) is 89.9 Å². The number of rotatable bonds is 4. The van der Waals surface area contributed by atoms with Gasteiger partial charge in [0.15, 0.2) is 5.84 Å². The van der Waals surface area contributed by atoms with Gasteiger partial charge < -0.3 is 5.32 Å². The Balaban J connectivity index is 2.05. The van der Waals surface area contributed by atoms with Gasteiger partial charge in [0.1, 0.15) is 11.6 Å². The SMILES string of the molecule is Cc1ccc(S(=O)(=O)/N=C(\Nc2ccccn2)c2ccc(F)cc2)cc1. The maximum absolute atomic E-state index is 13.2. The standard InChI is InChI=1S/C19H16FN3O2S/c1-14-5-11-17(12-6-14)26(24,25)23-19(15-7-9-16(20)10-8-15)22-18-4-2-3-13-21-18/h2-13H,1H3,(H,21,22,23). The second kappa shape index (κ2) is 7.45. The van der Waals surface area contributed by atoms with Crippen LogP contribution in [0.3, 0.4) is 0 Å². The highest BCUT2D eigenvalue weighted by molar-refractivity contribution is 7.90. The van der Waals surface area contributed by atoms with Gasteiger partial charge in [-0.3, -0.25) is 0 Å². The molecule has 0 spiro atoms. The van der Waals surface area contributed by atoms with Crippen molar-refractivity contribution < 1.29 is 12.8 Å². The lowest BCUT2D eigenvalue weighted by Gasteiger charge is -2.10. The van der Waals surface area contributed by atoms with Gasteiger partial charge in [0.2, 0.25) is 0 Å². The van der Waals surface area contributed by atoms with Crippen molar-refractivity contribution in [2.45, 2.75) is 11.8 Å². The molecule has 26 heavy (non-hydrogen) atoms. The smallest absolute Gasteiger partial charge is 0.284 e. The fraction of sp³-hybridized carbons (Fsp3) is 0.0526. The number of hydrogen-bond donors (Lipinski definition) is 1. The molecule has 0 amide bonds. The molecule has 1 N–H and O–H groups in total. The number of aromatic nitrogens is 1. The minimum Gasteiger partial charge on any atom is -0.324 e. The van der Waals surface area contributed by atoms with E-state index < -0.39 is 15.8 Å². The van der Waals surface area contributed by atoms with Crippen molar-refractivity contribution in [2.24, 2.45) is 4.40 Å². The molecule has 0 aliphatic carbocycles. The Hall–Kier alpha value is -3.06. The largest absolute Gasteiger partial charge is 0.324 e. The Morgan fingerprint density at radius 2 is 1.69 bits per heavy atom. The average molecular weight is 369 g/mol. The van der Waals surface area contributed by atoms with Crippen LogP contribution < -0.4 is 5.32 Å². The molecule has 0 atom stereocenters. The second-order valence-corrected chi connectivity index (χ2v) is 7.18. The number of nitrogens with zero attached hydrogens (tertiary/aromatic N) is 2. The molecule has 7 heteroatoms. The summed E-state index contributed by atoms with van der Waals surface area (Å²) in [6.07, 6.45) is 1.57. The molecule has 132 valence electrons. The number of sulfonamides is 1. The minimum atomic E-state index is -3.95. The third kappa shape index (κ3) is 4.31. The van der Waals surface area contributed by atoms with E-state index in [-0.39, 0.29) is 10.7 Å². The highest BCUT2D eigenvalue weighted by Crippen LogP contribution is 2.16. The molecule has 0 aliphatic rings. The van der Waals surface area contributed by atoms with Gasteiger partial charge in [0.25, 0.3) is 10.0 Å². The fourth-order valence-electron chi connectivity index (χ4n) is 2.20. The maximum Gasteiger partial charge on any atom is 0.284 e. The number of pyridine rings is 1. The minimum absolute atomic E-state index is 0.0595. The Kier molecular flexibility index (Phi) is 5.09. The lowest BCUT2D eigenvalue weighted by atomic mass is 10.2. The first kappa shape index (κ1) is 17.8. The number of halogens is 1. The van der Waals surface area contributed by atoms with E-state index in [1.165, 1.54) is 36.4 Å². The zero-order valence-corrected chi connectivity index (χ0v) is 14.7. The van der Waals surface area contributed by atoms with Gasteiger partial charge in [-0.15, -0.1) is 4.40 Å². The first-order valence-corrected chi connectivity index (χ1v) is 9.24. The fourth-order valence-corrected chi connectivity index (χ4v) is 3.17. The Morgan fingerprint density at radius 1 is 1.00 bits per heavy atom. The number of anilines is 1. The molecule has 3 aromatic rings. The molecule has 5 nitrogen and oxygen atoms in total. The summed E-state index contributed by atoms with van der Waals surface area (Å²) in [6, 6.07) is 17.0. The van der Waals surface area contributed by atoms with E-state index in [0.717, 1.165) is 5.56 Å². The van der Waals surface area contributed by atoms with Crippen molar-refractivity contribution in [2.75, 3.05) is 5.32 Å². The summed E-state index contributed by atoms with van der Waals surface area (Å²) in [7, 11) is -3.95.